The highest BCUT2D eigenvalue weighted by atomic mass is 79.9. The summed E-state index contributed by atoms with van der Waals surface area (Å²) in [4.78, 5) is 11.8. The summed E-state index contributed by atoms with van der Waals surface area (Å²) < 4.78 is 6.31. The molecule has 0 radical (unpaired) electrons. The summed E-state index contributed by atoms with van der Waals surface area (Å²) in [5, 5.41) is 0. The quantitative estimate of drug-likeness (QED) is 0.741. The van der Waals surface area contributed by atoms with Crippen molar-refractivity contribution < 1.29 is 9.53 Å². The van der Waals surface area contributed by atoms with Gasteiger partial charge in [-0.05, 0) is 36.5 Å². The molecule has 1 saturated carbocycles. The van der Waals surface area contributed by atoms with E-state index in [1.165, 1.54) is 12.0 Å². The molecule has 2 fully saturated rings. The maximum Gasteiger partial charge on any atom is 0.309 e. The van der Waals surface area contributed by atoms with Crippen molar-refractivity contribution in [3.8, 4) is 0 Å². The largest absolute Gasteiger partial charge is 0.465 e. The minimum Gasteiger partial charge on any atom is -0.465 e. The van der Waals surface area contributed by atoms with Gasteiger partial charge in [0.15, 0.2) is 0 Å². The van der Waals surface area contributed by atoms with E-state index in [4.69, 9.17) is 4.74 Å². The molecular weight excluding hydrogens is 280 g/mol. The number of benzene rings is 1. The van der Waals surface area contributed by atoms with E-state index in [1.54, 1.807) is 0 Å². The Balaban J connectivity index is 1.90. The van der Waals surface area contributed by atoms with Gasteiger partial charge in [-0.2, -0.15) is 0 Å². The minimum atomic E-state index is 0.0163. The first-order valence-corrected chi connectivity index (χ1v) is 6.97. The molecule has 0 aromatic heterocycles. The number of hydrogen-bond donors (Lipinski definition) is 0. The monoisotopic (exact) mass is 294 g/mol. The number of carbonyl (C=O) groups excluding carboxylic acids is 1. The molecule has 1 saturated heterocycles. The van der Waals surface area contributed by atoms with E-state index in [2.05, 4.69) is 40.2 Å². The van der Waals surface area contributed by atoms with Gasteiger partial charge in [-0.1, -0.05) is 34.5 Å². The standard InChI is InChI=1S/C14H15BrO2/c15-11-6-4-9(5-7-11)12-3-1-2-10-8-17-14(16)13(10)12/h4-7,10,12-13H,1-3,8H2/t10?,12-,13-/m1/s1. The van der Waals surface area contributed by atoms with Crippen LogP contribution in [0.25, 0.3) is 0 Å². The summed E-state index contributed by atoms with van der Waals surface area (Å²) in [6, 6.07) is 8.37. The number of ether oxygens (including phenoxy) is 1. The van der Waals surface area contributed by atoms with Gasteiger partial charge in [0.05, 0.1) is 12.5 Å². The third kappa shape index (κ3) is 2.01. The van der Waals surface area contributed by atoms with E-state index in [0.717, 1.165) is 17.3 Å². The molecule has 90 valence electrons. The average Bonchev–Trinajstić information content (AvgIpc) is 2.73. The lowest BCUT2D eigenvalue weighted by Crippen LogP contribution is -2.28. The highest BCUT2D eigenvalue weighted by Crippen LogP contribution is 2.45. The predicted octanol–water partition coefficient (Wildman–Crippen LogP) is 3.51. The molecule has 1 aliphatic carbocycles. The molecule has 0 spiro atoms. The van der Waals surface area contributed by atoms with E-state index in [-0.39, 0.29) is 11.9 Å². The van der Waals surface area contributed by atoms with Crippen molar-refractivity contribution in [3.05, 3.63) is 34.3 Å². The van der Waals surface area contributed by atoms with Crippen LogP contribution < -0.4 is 0 Å². The minimum absolute atomic E-state index is 0.0163. The normalized spacial score (nSPS) is 32.1. The number of halogens is 1. The Morgan fingerprint density at radius 3 is 2.71 bits per heavy atom. The first-order chi connectivity index (χ1) is 8.25. The Kier molecular flexibility index (Phi) is 2.95. The molecule has 1 aliphatic heterocycles. The molecule has 3 atom stereocenters. The van der Waals surface area contributed by atoms with Crippen molar-refractivity contribution in [1.82, 2.24) is 0 Å². The first-order valence-electron chi connectivity index (χ1n) is 6.18. The third-order valence-electron chi connectivity index (χ3n) is 4.04. The number of rotatable bonds is 1. The highest BCUT2D eigenvalue weighted by molar-refractivity contribution is 9.10. The zero-order chi connectivity index (χ0) is 11.8. The summed E-state index contributed by atoms with van der Waals surface area (Å²) in [7, 11) is 0. The summed E-state index contributed by atoms with van der Waals surface area (Å²) in [5.74, 6) is 0.925. The highest BCUT2D eigenvalue weighted by Gasteiger charge is 2.44. The van der Waals surface area contributed by atoms with Gasteiger partial charge in [0.25, 0.3) is 0 Å². The van der Waals surface area contributed by atoms with Crippen LogP contribution in [0.4, 0.5) is 0 Å². The fraction of sp³-hybridized carbons (Fsp3) is 0.500. The molecule has 17 heavy (non-hydrogen) atoms. The molecule has 2 nitrogen and oxygen atoms in total. The first kappa shape index (κ1) is 11.3. The lowest BCUT2D eigenvalue weighted by atomic mass is 9.71. The Labute approximate surface area is 109 Å². The van der Waals surface area contributed by atoms with E-state index >= 15 is 0 Å². The molecule has 1 unspecified atom stereocenters. The topological polar surface area (TPSA) is 26.3 Å². The van der Waals surface area contributed by atoms with E-state index in [1.807, 2.05) is 0 Å². The predicted molar refractivity (Wildman–Crippen MR) is 68.7 cm³/mol. The Morgan fingerprint density at radius 2 is 1.94 bits per heavy atom. The van der Waals surface area contributed by atoms with Crippen LogP contribution in [0.1, 0.15) is 30.7 Å². The summed E-state index contributed by atoms with van der Waals surface area (Å²) in [6.45, 7) is 0.635. The maximum atomic E-state index is 11.8. The SMILES string of the molecule is O=C1OCC2CCC[C@H](c3ccc(Br)cc3)[C@H]12. The summed E-state index contributed by atoms with van der Waals surface area (Å²) in [6.07, 6.45) is 3.46. The van der Waals surface area contributed by atoms with Crippen molar-refractivity contribution in [2.24, 2.45) is 11.8 Å². The van der Waals surface area contributed by atoms with Gasteiger partial charge in [-0.3, -0.25) is 4.79 Å². The van der Waals surface area contributed by atoms with Gasteiger partial charge >= 0.3 is 5.97 Å². The Morgan fingerprint density at radius 1 is 1.18 bits per heavy atom. The van der Waals surface area contributed by atoms with Gasteiger partial charge in [0, 0.05) is 10.4 Å². The van der Waals surface area contributed by atoms with Crippen LogP contribution in [-0.2, 0) is 9.53 Å². The Bertz CT molecular complexity index is 426. The zero-order valence-corrected chi connectivity index (χ0v) is 11.2. The van der Waals surface area contributed by atoms with Crippen molar-refractivity contribution in [3.63, 3.8) is 0 Å². The average molecular weight is 295 g/mol. The molecular formula is C14H15BrO2. The van der Waals surface area contributed by atoms with Crippen molar-refractivity contribution in [2.45, 2.75) is 25.2 Å². The van der Waals surface area contributed by atoms with Gasteiger partial charge in [-0.25, -0.2) is 0 Å². The summed E-state index contributed by atoms with van der Waals surface area (Å²) >= 11 is 3.45. The molecule has 2 aliphatic rings. The van der Waals surface area contributed by atoms with Crippen LogP contribution in [0.3, 0.4) is 0 Å². The lowest BCUT2D eigenvalue weighted by Gasteiger charge is -2.30. The number of hydrogen-bond acceptors (Lipinski definition) is 2. The zero-order valence-electron chi connectivity index (χ0n) is 9.56. The van der Waals surface area contributed by atoms with Crippen molar-refractivity contribution >= 4 is 21.9 Å². The van der Waals surface area contributed by atoms with Gasteiger partial charge in [-0.15, -0.1) is 0 Å². The second kappa shape index (κ2) is 4.45. The van der Waals surface area contributed by atoms with Gasteiger partial charge in [0.2, 0.25) is 0 Å². The third-order valence-corrected chi connectivity index (χ3v) is 4.57. The van der Waals surface area contributed by atoms with E-state index in [0.29, 0.717) is 18.4 Å². The van der Waals surface area contributed by atoms with Crippen molar-refractivity contribution in [1.29, 1.82) is 0 Å². The number of cyclic esters (lactones) is 1. The molecule has 1 heterocycles. The molecule has 0 amide bonds. The van der Waals surface area contributed by atoms with E-state index < -0.39 is 0 Å². The van der Waals surface area contributed by atoms with Crippen LogP contribution >= 0.6 is 15.9 Å². The second-order valence-electron chi connectivity index (χ2n) is 5.00. The number of fused-ring (bicyclic) bond motifs is 1. The molecule has 1 aromatic carbocycles. The smallest absolute Gasteiger partial charge is 0.309 e. The molecule has 3 heteroatoms. The fourth-order valence-corrected chi connectivity index (χ4v) is 3.47. The summed E-state index contributed by atoms with van der Waals surface area (Å²) in [5.41, 5.74) is 1.28. The number of carbonyl (C=O) groups is 1. The van der Waals surface area contributed by atoms with E-state index in [9.17, 15) is 4.79 Å². The van der Waals surface area contributed by atoms with Crippen LogP contribution in [0, 0.1) is 11.8 Å². The molecule has 0 N–H and O–H groups in total. The second-order valence-corrected chi connectivity index (χ2v) is 5.92. The van der Waals surface area contributed by atoms with Gasteiger partial charge in [0.1, 0.15) is 0 Å². The van der Waals surface area contributed by atoms with Crippen LogP contribution in [0.2, 0.25) is 0 Å². The molecule has 3 rings (SSSR count). The molecule has 1 aromatic rings. The lowest BCUT2D eigenvalue weighted by molar-refractivity contribution is -0.142. The maximum absolute atomic E-state index is 11.8. The van der Waals surface area contributed by atoms with Crippen molar-refractivity contribution in [2.75, 3.05) is 6.61 Å². The van der Waals surface area contributed by atoms with Crippen LogP contribution in [0.5, 0.6) is 0 Å². The number of esters is 1. The fourth-order valence-electron chi connectivity index (χ4n) is 3.20. The van der Waals surface area contributed by atoms with Crippen LogP contribution in [0.15, 0.2) is 28.7 Å². The van der Waals surface area contributed by atoms with Crippen LogP contribution in [-0.4, -0.2) is 12.6 Å². The molecule has 0 bridgehead atoms. The van der Waals surface area contributed by atoms with Gasteiger partial charge < -0.3 is 4.74 Å². The Hall–Kier alpha value is -0.830.